The van der Waals surface area contributed by atoms with Crippen LogP contribution in [0.25, 0.3) is 22.3 Å². The monoisotopic (exact) mass is 594 g/mol. The van der Waals surface area contributed by atoms with E-state index in [1.54, 1.807) is 0 Å². The van der Waals surface area contributed by atoms with E-state index in [0.717, 1.165) is 6.07 Å². The molecule has 15 heteroatoms. The second-order valence-corrected chi connectivity index (χ2v) is 9.92. The lowest BCUT2D eigenvalue weighted by Gasteiger charge is -2.38. The van der Waals surface area contributed by atoms with Gasteiger partial charge in [0.1, 0.15) is 59.1 Å². The molecule has 0 aliphatic carbocycles. The zero-order valence-corrected chi connectivity index (χ0v) is 22.2. The molecule has 5 rings (SSSR count). The normalized spacial score (nSPS) is 31.3. The van der Waals surface area contributed by atoms with E-state index in [2.05, 4.69) is 0 Å². The maximum Gasteiger partial charge on any atom is 0.239 e. The molecule has 0 radical (unpaired) electrons. The highest BCUT2D eigenvalue weighted by atomic mass is 16.7. The van der Waals surface area contributed by atoms with Gasteiger partial charge in [0.2, 0.25) is 23.8 Å². The van der Waals surface area contributed by atoms with Gasteiger partial charge in [-0.2, -0.15) is 0 Å². The van der Waals surface area contributed by atoms with Gasteiger partial charge >= 0.3 is 0 Å². The van der Waals surface area contributed by atoms with Crippen LogP contribution in [-0.2, 0) is 9.47 Å². The Morgan fingerprint density at radius 3 is 2.19 bits per heavy atom. The lowest BCUT2D eigenvalue weighted by Crippen LogP contribution is -2.58. The molecular formula is C27H30O15. The summed E-state index contributed by atoms with van der Waals surface area (Å²) in [7, 11) is 1.33. The molecule has 228 valence electrons. The summed E-state index contributed by atoms with van der Waals surface area (Å²) in [6, 6.07) is 6.17. The van der Waals surface area contributed by atoms with Crippen LogP contribution >= 0.6 is 0 Å². The van der Waals surface area contributed by atoms with Crippen molar-refractivity contribution >= 4 is 11.0 Å². The lowest BCUT2D eigenvalue weighted by atomic mass is 10.00. The number of ether oxygens (including phenoxy) is 5. The van der Waals surface area contributed by atoms with Gasteiger partial charge in [0.25, 0.3) is 0 Å². The molecule has 15 nitrogen and oxygen atoms in total. The van der Waals surface area contributed by atoms with Crippen molar-refractivity contribution in [3.63, 3.8) is 0 Å². The number of phenols is 2. The number of hydrogen-bond donors (Lipinski definition) is 8. The first kappa shape index (κ1) is 29.8. The molecule has 42 heavy (non-hydrogen) atoms. The number of fused-ring (bicyclic) bond motifs is 1. The molecule has 9 unspecified atom stereocenters. The van der Waals surface area contributed by atoms with Gasteiger partial charge in [0.15, 0.2) is 17.3 Å². The highest BCUT2D eigenvalue weighted by Crippen LogP contribution is 2.40. The Bertz CT molecular complexity index is 1510. The number of methoxy groups -OCH3 is 1. The highest BCUT2D eigenvalue weighted by molar-refractivity contribution is 5.88. The summed E-state index contributed by atoms with van der Waals surface area (Å²) in [5.41, 5.74) is -0.991. The van der Waals surface area contributed by atoms with Crippen LogP contribution in [0.5, 0.6) is 28.7 Å². The topological polar surface area (TPSA) is 238 Å². The van der Waals surface area contributed by atoms with Gasteiger partial charge in [-0.1, -0.05) is 0 Å². The zero-order chi connectivity index (χ0) is 30.5. The van der Waals surface area contributed by atoms with E-state index in [9.17, 15) is 45.6 Å². The molecule has 0 spiro atoms. The maximum absolute atomic E-state index is 13.7. The molecule has 8 N–H and O–H groups in total. The Kier molecular flexibility index (Phi) is 8.19. The number of aliphatic hydroxyl groups is 6. The second-order valence-electron chi connectivity index (χ2n) is 9.92. The van der Waals surface area contributed by atoms with E-state index >= 15 is 0 Å². The SMILES string of the molecule is COc1cc(O)c2c(=O)c(OC3OC(CO)C(O)C3O)c(-c3ccc(O)c(OC4OC(C)C(O)C(O)C4O)c3)oc2c1. The van der Waals surface area contributed by atoms with Gasteiger partial charge in [-0.3, -0.25) is 4.79 Å². The summed E-state index contributed by atoms with van der Waals surface area (Å²) < 4.78 is 33.2. The summed E-state index contributed by atoms with van der Waals surface area (Å²) in [6.45, 7) is 0.789. The number of hydrogen-bond acceptors (Lipinski definition) is 15. The van der Waals surface area contributed by atoms with Gasteiger partial charge in [-0.05, 0) is 25.1 Å². The van der Waals surface area contributed by atoms with Crippen LogP contribution in [0.1, 0.15) is 6.92 Å². The van der Waals surface area contributed by atoms with E-state index < -0.39 is 84.6 Å². The van der Waals surface area contributed by atoms with Gasteiger partial charge in [0.05, 0.1) is 19.8 Å². The van der Waals surface area contributed by atoms with Gasteiger partial charge in [-0.15, -0.1) is 0 Å². The summed E-state index contributed by atoms with van der Waals surface area (Å²) in [5.74, 6) is -1.95. The van der Waals surface area contributed by atoms with Crippen molar-refractivity contribution in [1.82, 2.24) is 0 Å². The predicted molar refractivity (Wildman–Crippen MR) is 139 cm³/mol. The molecule has 2 aromatic carbocycles. The summed E-state index contributed by atoms with van der Waals surface area (Å²) in [5, 5.41) is 81.2. The van der Waals surface area contributed by atoms with Crippen LogP contribution in [-0.4, -0.2) is 110 Å². The molecule has 0 saturated carbocycles. The average Bonchev–Trinajstić information content (AvgIpc) is 3.24. The molecular weight excluding hydrogens is 564 g/mol. The Hall–Kier alpha value is -3.67. The summed E-state index contributed by atoms with van der Waals surface area (Å²) in [4.78, 5) is 13.7. The zero-order valence-electron chi connectivity index (χ0n) is 22.2. The largest absolute Gasteiger partial charge is 0.507 e. The van der Waals surface area contributed by atoms with E-state index in [0.29, 0.717) is 0 Å². The molecule has 2 aliphatic rings. The fraction of sp³-hybridized carbons (Fsp3) is 0.444. The van der Waals surface area contributed by atoms with Gasteiger partial charge in [0, 0.05) is 17.7 Å². The van der Waals surface area contributed by atoms with E-state index in [-0.39, 0.29) is 33.8 Å². The third kappa shape index (κ3) is 5.21. The first-order chi connectivity index (χ1) is 19.9. The van der Waals surface area contributed by atoms with Crippen molar-refractivity contribution in [2.45, 2.75) is 62.2 Å². The van der Waals surface area contributed by atoms with Crippen molar-refractivity contribution in [2.75, 3.05) is 13.7 Å². The molecule has 3 heterocycles. The van der Waals surface area contributed by atoms with Crippen molar-refractivity contribution in [3.05, 3.63) is 40.6 Å². The average molecular weight is 595 g/mol. The molecule has 3 aromatic rings. The van der Waals surface area contributed by atoms with Crippen molar-refractivity contribution in [2.24, 2.45) is 0 Å². The minimum atomic E-state index is -1.70. The summed E-state index contributed by atoms with van der Waals surface area (Å²) in [6.07, 6.45) is -13.2. The smallest absolute Gasteiger partial charge is 0.239 e. The predicted octanol–water partition coefficient (Wildman–Crippen LogP) is -1.10. The number of phenolic OH excluding ortho intramolecular Hbond substituents is 2. The van der Waals surface area contributed by atoms with Crippen LogP contribution in [0.4, 0.5) is 0 Å². The Labute approximate surface area is 236 Å². The first-order valence-electron chi connectivity index (χ1n) is 12.8. The molecule has 0 amide bonds. The fourth-order valence-electron chi connectivity index (χ4n) is 4.74. The van der Waals surface area contributed by atoms with E-state index in [4.69, 9.17) is 28.1 Å². The van der Waals surface area contributed by atoms with Crippen molar-refractivity contribution < 1.29 is 69.0 Å². The Balaban J connectivity index is 1.61. The molecule has 2 saturated heterocycles. The second kappa shape index (κ2) is 11.5. The minimum absolute atomic E-state index is 0.0461. The van der Waals surface area contributed by atoms with Gasteiger partial charge in [-0.25, -0.2) is 0 Å². The fourth-order valence-corrected chi connectivity index (χ4v) is 4.74. The van der Waals surface area contributed by atoms with Crippen molar-refractivity contribution in [1.29, 1.82) is 0 Å². The first-order valence-corrected chi connectivity index (χ1v) is 12.8. The van der Waals surface area contributed by atoms with Crippen LogP contribution in [0.2, 0.25) is 0 Å². The molecule has 1 aromatic heterocycles. The minimum Gasteiger partial charge on any atom is -0.507 e. The Morgan fingerprint density at radius 2 is 1.52 bits per heavy atom. The van der Waals surface area contributed by atoms with E-state index in [1.807, 2.05) is 0 Å². The van der Waals surface area contributed by atoms with Crippen LogP contribution in [0, 0.1) is 0 Å². The lowest BCUT2D eigenvalue weighted by molar-refractivity contribution is -0.268. The molecule has 0 bridgehead atoms. The van der Waals surface area contributed by atoms with Crippen LogP contribution in [0.3, 0.4) is 0 Å². The number of aliphatic hydroxyl groups excluding tert-OH is 6. The molecule has 2 aliphatic heterocycles. The molecule has 9 atom stereocenters. The van der Waals surface area contributed by atoms with E-state index in [1.165, 1.54) is 38.3 Å². The number of rotatable bonds is 7. The third-order valence-corrected chi connectivity index (χ3v) is 7.15. The number of aromatic hydroxyl groups is 2. The number of benzene rings is 2. The quantitative estimate of drug-likeness (QED) is 0.162. The maximum atomic E-state index is 13.7. The van der Waals surface area contributed by atoms with Crippen LogP contribution < -0.4 is 19.6 Å². The Morgan fingerprint density at radius 1 is 0.833 bits per heavy atom. The van der Waals surface area contributed by atoms with Crippen molar-refractivity contribution in [3.8, 4) is 40.1 Å². The van der Waals surface area contributed by atoms with Gasteiger partial charge < -0.3 is 69.0 Å². The third-order valence-electron chi connectivity index (χ3n) is 7.15. The highest BCUT2D eigenvalue weighted by Gasteiger charge is 2.45. The van der Waals surface area contributed by atoms with Crippen LogP contribution in [0.15, 0.2) is 39.5 Å². The standard InChI is InChI=1S/C27H30O15/c1-9-18(31)21(34)23(36)26(38-9)40-14-5-10(3-4-12(14)29)24-25(42-27-22(35)19(32)16(8-28)41-27)20(33)17-13(30)6-11(37-2)7-15(17)39-24/h3-7,9,16,18-19,21-23,26-32,34-36H,8H2,1-2H3. The molecule has 2 fully saturated rings. The summed E-state index contributed by atoms with van der Waals surface area (Å²) >= 11 is 0.